The molecule has 0 spiro atoms. The second-order valence-corrected chi connectivity index (χ2v) is 7.90. The normalized spacial score (nSPS) is 26.3. The zero-order valence-corrected chi connectivity index (χ0v) is 15.1. The summed E-state index contributed by atoms with van der Waals surface area (Å²) in [6, 6.07) is 2.93. The number of aromatic nitrogens is 2. The van der Waals surface area contributed by atoms with Crippen molar-refractivity contribution in [2.75, 3.05) is 43.9 Å². The van der Waals surface area contributed by atoms with Crippen LogP contribution in [0.25, 0.3) is 0 Å². The fourth-order valence-electron chi connectivity index (χ4n) is 4.59. The molecule has 6 heteroatoms. The molecule has 1 atom stereocenters. The Hall–Kier alpha value is -1.40. The summed E-state index contributed by atoms with van der Waals surface area (Å²) < 4.78 is 5.47. The molecule has 1 saturated carbocycles. The zero-order chi connectivity index (χ0) is 17.1. The van der Waals surface area contributed by atoms with E-state index >= 15 is 0 Å². The molecule has 2 aliphatic heterocycles. The molecule has 2 saturated heterocycles. The van der Waals surface area contributed by atoms with Crippen molar-refractivity contribution in [3.8, 4) is 0 Å². The van der Waals surface area contributed by atoms with Crippen LogP contribution < -0.4 is 11.1 Å². The molecule has 0 unspecified atom stereocenters. The van der Waals surface area contributed by atoms with Crippen molar-refractivity contribution in [1.29, 1.82) is 0 Å². The van der Waals surface area contributed by atoms with Gasteiger partial charge in [-0.3, -0.25) is 0 Å². The molecule has 3 fully saturated rings. The monoisotopic (exact) mass is 345 g/mol. The molecule has 1 aromatic rings. The number of piperidine rings is 1. The van der Waals surface area contributed by atoms with Gasteiger partial charge in [0.15, 0.2) is 0 Å². The van der Waals surface area contributed by atoms with Gasteiger partial charge in [-0.1, -0.05) is 12.8 Å². The summed E-state index contributed by atoms with van der Waals surface area (Å²) in [5.41, 5.74) is 6.93. The van der Waals surface area contributed by atoms with Crippen molar-refractivity contribution in [2.45, 2.75) is 56.9 Å². The van der Waals surface area contributed by atoms with Gasteiger partial charge in [-0.25, -0.2) is 4.98 Å². The van der Waals surface area contributed by atoms with E-state index in [1.54, 1.807) is 0 Å². The average molecular weight is 345 g/mol. The van der Waals surface area contributed by atoms with Gasteiger partial charge in [0.05, 0.1) is 12.3 Å². The van der Waals surface area contributed by atoms with E-state index < -0.39 is 0 Å². The van der Waals surface area contributed by atoms with Crippen LogP contribution in [0.3, 0.4) is 0 Å². The lowest BCUT2D eigenvalue weighted by Gasteiger charge is -2.36. The third kappa shape index (κ3) is 4.23. The lowest BCUT2D eigenvalue weighted by atomic mass is 9.95. The maximum Gasteiger partial charge on any atom is 0.222 e. The molecular formula is C19H31N5O. The van der Waals surface area contributed by atoms with E-state index in [0.717, 1.165) is 49.7 Å². The number of hydrogen-bond acceptors (Lipinski definition) is 6. The summed E-state index contributed by atoms with van der Waals surface area (Å²) in [6.07, 6.45) is 9.27. The summed E-state index contributed by atoms with van der Waals surface area (Å²) in [5, 5.41) is 3.51. The number of hydrogen-bond donors (Lipinski definition) is 2. The molecule has 4 rings (SSSR count). The highest BCUT2D eigenvalue weighted by Gasteiger charge is 2.27. The molecular weight excluding hydrogens is 314 g/mol. The van der Waals surface area contributed by atoms with Crippen LogP contribution in [0, 0.1) is 5.92 Å². The van der Waals surface area contributed by atoms with Gasteiger partial charge in [0.2, 0.25) is 5.95 Å². The molecule has 3 aliphatic rings. The van der Waals surface area contributed by atoms with Gasteiger partial charge in [0, 0.05) is 31.2 Å². The number of anilines is 2. The number of likely N-dealkylation sites (tertiary alicyclic amines) is 1. The zero-order valence-electron chi connectivity index (χ0n) is 15.1. The van der Waals surface area contributed by atoms with Crippen molar-refractivity contribution in [1.82, 2.24) is 14.9 Å². The SMILES string of the molecule is Nc1nc(NCC2CCN(C3CCCC3)CC2)cc([C@@H]2CCOC2)n1. The molecule has 0 aromatic carbocycles. The second-order valence-electron chi connectivity index (χ2n) is 7.90. The van der Waals surface area contributed by atoms with Crippen LogP contribution >= 0.6 is 0 Å². The minimum Gasteiger partial charge on any atom is -0.381 e. The van der Waals surface area contributed by atoms with Crippen LogP contribution in [0.5, 0.6) is 0 Å². The maximum absolute atomic E-state index is 5.91. The lowest BCUT2D eigenvalue weighted by molar-refractivity contribution is 0.138. The molecule has 0 bridgehead atoms. The van der Waals surface area contributed by atoms with Gasteiger partial charge in [-0.05, 0) is 51.1 Å². The van der Waals surface area contributed by atoms with Crippen molar-refractivity contribution >= 4 is 11.8 Å². The minimum atomic E-state index is 0.362. The number of ether oxygens (including phenoxy) is 1. The molecule has 1 aromatic heterocycles. The summed E-state index contributed by atoms with van der Waals surface area (Å²) in [7, 11) is 0. The standard InChI is InChI=1S/C19H31N5O/c20-19-22-17(15-7-10-25-13-15)11-18(23-19)21-12-14-5-8-24(9-6-14)16-3-1-2-4-16/h11,14-16H,1-10,12-13H2,(H3,20,21,22,23)/t15-/m1/s1. The molecule has 3 heterocycles. The van der Waals surface area contributed by atoms with Gasteiger partial charge < -0.3 is 20.7 Å². The largest absolute Gasteiger partial charge is 0.381 e. The van der Waals surface area contributed by atoms with Crippen molar-refractivity contribution in [3.63, 3.8) is 0 Å². The quantitative estimate of drug-likeness (QED) is 0.854. The number of nitrogens with zero attached hydrogens (tertiary/aromatic N) is 3. The van der Waals surface area contributed by atoms with E-state index in [9.17, 15) is 0 Å². The molecule has 0 amide bonds. The number of nitrogens with two attached hydrogens (primary N) is 1. The van der Waals surface area contributed by atoms with Crippen molar-refractivity contribution in [2.24, 2.45) is 5.92 Å². The van der Waals surface area contributed by atoms with Crippen LogP contribution in [0.1, 0.15) is 56.6 Å². The van der Waals surface area contributed by atoms with Crippen molar-refractivity contribution in [3.05, 3.63) is 11.8 Å². The van der Waals surface area contributed by atoms with Crippen LogP contribution in [-0.2, 0) is 4.74 Å². The van der Waals surface area contributed by atoms with Gasteiger partial charge in [-0.15, -0.1) is 0 Å². The minimum absolute atomic E-state index is 0.362. The fourth-order valence-corrected chi connectivity index (χ4v) is 4.59. The van der Waals surface area contributed by atoms with Crippen LogP contribution in [0.4, 0.5) is 11.8 Å². The number of rotatable bonds is 5. The Morgan fingerprint density at radius 1 is 1.12 bits per heavy atom. The van der Waals surface area contributed by atoms with E-state index in [2.05, 4.69) is 26.3 Å². The van der Waals surface area contributed by atoms with E-state index in [1.165, 1.54) is 51.6 Å². The van der Waals surface area contributed by atoms with E-state index in [-0.39, 0.29) is 0 Å². The summed E-state index contributed by atoms with van der Waals surface area (Å²) >= 11 is 0. The van der Waals surface area contributed by atoms with Crippen molar-refractivity contribution < 1.29 is 4.74 Å². The predicted molar refractivity (Wildman–Crippen MR) is 99.7 cm³/mol. The van der Waals surface area contributed by atoms with Gasteiger partial charge in [0.1, 0.15) is 5.82 Å². The molecule has 0 radical (unpaired) electrons. The number of nitrogen functional groups attached to an aromatic ring is 1. The fraction of sp³-hybridized carbons (Fsp3) is 0.789. The van der Waals surface area contributed by atoms with Gasteiger partial charge in [-0.2, -0.15) is 4.98 Å². The van der Waals surface area contributed by atoms with E-state index in [1.807, 2.05) is 0 Å². The van der Waals surface area contributed by atoms with Gasteiger partial charge in [0.25, 0.3) is 0 Å². The molecule has 25 heavy (non-hydrogen) atoms. The average Bonchev–Trinajstić information content (AvgIpc) is 3.33. The first-order valence-electron chi connectivity index (χ1n) is 9.98. The Labute approximate surface area is 150 Å². The van der Waals surface area contributed by atoms with Crippen LogP contribution in [0.15, 0.2) is 6.07 Å². The van der Waals surface area contributed by atoms with Gasteiger partial charge >= 0.3 is 0 Å². The molecule has 6 nitrogen and oxygen atoms in total. The third-order valence-electron chi connectivity index (χ3n) is 6.17. The lowest BCUT2D eigenvalue weighted by Crippen LogP contribution is -2.41. The van der Waals surface area contributed by atoms with Crippen LogP contribution in [-0.4, -0.2) is 53.8 Å². The van der Waals surface area contributed by atoms with E-state index in [0.29, 0.717) is 11.9 Å². The Morgan fingerprint density at radius 2 is 1.92 bits per heavy atom. The first-order valence-corrected chi connectivity index (χ1v) is 9.98. The van der Waals surface area contributed by atoms with Crippen LogP contribution in [0.2, 0.25) is 0 Å². The predicted octanol–water partition coefficient (Wildman–Crippen LogP) is 2.63. The Bertz CT molecular complexity index is 561. The first-order chi connectivity index (χ1) is 12.3. The topological polar surface area (TPSA) is 76.3 Å². The smallest absolute Gasteiger partial charge is 0.222 e. The summed E-state index contributed by atoms with van der Waals surface area (Å²) in [6.45, 7) is 5.06. The maximum atomic E-state index is 5.91. The summed E-state index contributed by atoms with van der Waals surface area (Å²) in [5.74, 6) is 2.32. The highest BCUT2D eigenvalue weighted by atomic mass is 16.5. The van der Waals surface area contributed by atoms with E-state index in [4.69, 9.17) is 10.5 Å². The molecule has 1 aliphatic carbocycles. The Balaban J connectivity index is 1.28. The Kier molecular flexibility index (Phi) is 5.36. The number of nitrogens with one attached hydrogen (secondary N) is 1. The highest BCUT2D eigenvalue weighted by Crippen LogP contribution is 2.29. The molecule has 3 N–H and O–H groups in total. The Morgan fingerprint density at radius 3 is 2.64 bits per heavy atom. The summed E-state index contributed by atoms with van der Waals surface area (Å²) in [4.78, 5) is 11.5. The second kappa shape index (κ2) is 7.87. The third-order valence-corrected chi connectivity index (χ3v) is 6.17. The first kappa shape index (κ1) is 17.0. The molecule has 138 valence electrons. The highest BCUT2D eigenvalue weighted by molar-refractivity contribution is 5.41.